The highest BCUT2D eigenvalue weighted by Gasteiger charge is 2.20. The molecule has 2 N–H and O–H groups in total. The van der Waals surface area contributed by atoms with Gasteiger partial charge >= 0.3 is 0 Å². The molecule has 1 amide bonds. The molecule has 1 atom stereocenters. The zero-order valence-electron chi connectivity index (χ0n) is 13.2. The lowest BCUT2D eigenvalue weighted by molar-refractivity contribution is -0.132. The highest BCUT2D eigenvalue weighted by molar-refractivity contribution is 9.10. The molecule has 0 spiro atoms. The highest BCUT2D eigenvalue weighted by Crippen LogP contribution is 2.14. The molecule has 1 aromatic carbocycles. The predicted octanol–water partition coefficient (Wildman–Crippen LogP) is 2.47. The van der Waals surface area contributed by atoms with Crippen molar-refractivity contribution in [2.45, 2.75) is 32.9 Å². The van der Waals surface area contributed by atoms with Gasteiger partial charge in [-0.2, -0.15) is 0 Å². The third-order valence-electron chi connectivity index (χ3n) is 3.77. The van der Waals surface area contributed by atoms with Gasteiger partial charge in [-0.3, -0.25) is 9.69 Å². The van der Waals surface area contributed by atoms with Crippen LogP contribution in [-0.4, -0.2) is 48.4 Å². The summed E-state index contributed by atoms with van der Waals surface area (Å²) < 4.78 is 1.07. The van der Waals surface area contributed by atoms with Crippen LogP contribution in [0.15, 0.2) is 28.7 Å². The van der Waals surface area contributed by atoms with E-state index in [1.54, 1.807) is 0 Å². The Morgan fingerprint density at radius 1 is 1.24 bits per heavy atom. The third kappa shape index (κ3) is 5.77. The Hall–Kier alpha value is -0.910. The molecule has 118 valence electrons. The number of carbonyl (C=O) groups excluding carboxylic acids is 1. The van der Waals surface area contributed by atoms with Crippen molar-refractivity contribution in [3.63, 3.8) is 0 Å². The van der Waals surface area contributed by atoms with Crippen LogP contribution < -0.4 is 5.73 Å². The van der Waals surface area contributed by atoms with E-state index in [1.165, 1.54) is 5.56 Å². The van der Waals surface area contributed by atoms with Gasteiger partial charge in [-0.05, 0) is 38.6 Å². The first-order valence-electron chi connectivity index (χ1n) is 7.44. The summed E-state index contributed by atoms with van der Waals surface area (Å²) in [6.07, 6.45) is 0.477. The number of hydrogen-bond acceptors (Lipinski definition) is 3. The monoisotopic (exact) mass is 355 g/mol. The molecule has 1 unspecified atom stereocenters. The van der Waals surface area contributed by atoms with Crippen LogP contribution in [0.25, 0.3) is 0 Å². The van der Waals surface area contributed by atoms with E-state index in [1.807, 2.05) is 37.9 Å². The molecule has 5 heteroatoms. The van der Waals surface area contributed by atoms with E-state index >= 15 is 0 Å². The summed E-state index contributed by atoms with van der Waals surface area (Å²) in [5.41, 5.74) is 7.08. The van der Waals surface area contributed by atoms with Crippen molar-refractivity contribution in [3.8, 4) is 0 Å². The van der Waals surface area contributed by atoms with Crippen molar-refractivity contribution in [1.29, 1.82) is 0 Å². The molecule has 0 saturated heterocycles. The molecule has 0 saturated carbocycles. The number of nitrogens with zero attached hydrogens (tertiary/aromatic N) is 2. The van der Waals surface area contributed by atoms with Gasteiger partial charge in [0.2, 0.25) is 5.91 Å². The molecule has 1 aromatic rings. The fraction of sp³-hybridized carbons (Fsp3) is 0.562. The molecular weight excluding hydrogens is 330 g/mol. The lowest BCUT2D eigenvalue weighted by atomic mass is 10.1. The van der Waals surface area contributed by atoms with E-state index in [0.29, 0.717) is 13.0 Å². The summed E-state index contributed by atoms with van der Waals surface area (Å²) in [6.45, 7) is 6.79. The van der Waals surface area contributed by atoms with E-state index in [4.69, 9.17) is 5.73 Å². The lowest BCUT2D eigenvalue weighted by Gasteiger charge is -2.29. The van der Waals surface area contributed by atoms with Crippen molar-refractivity contribution < 1.29 is 4.79 Å². The summed E-state index contributed by atoms with van der Waals surface area (Å²) in [5, 5.41) is 0. The molecular formula is C16H26BrN3O. The molecule has 0 bridgehead atoms. The van der Waals surface area contributed by atoms with Gasteiger partial charge in [0.05, 0.1) is 0 Å². The van der Waals surface area contributed by atoms with Crippen LogP contribution in [0.4, 0.5) is 0 Å². The molecule has 0 aliphatic rings. The van der Waals surface area contributed by atoms with Crippen LogP contribution in [0.1, 0.15) is 25.8 Å². The molecule has 0 aliphatic heterocycles. The van der Waals surface area contributed by atoms with Crippen LogP contribution in [0.5, 0.6) is 0 Å². The van der Waals surface area contributed by atoms with Crippen LogP contribution in [-0.2, 0) is 11.3 Å². The van der Waals surface area contributed by atoms with Crippen LogP contribution in [0.2, 0.25) is 0 Å². The second-order valence-electron chi connectivity index (χ2n) is 5.20. The number of likely N-dealkylation sites (N-methyl/N-ethyl adjacent to an activating group) is 1. The standard InChI is InChI=1S/C16H26BrN3O/c1-4-20(5-2)16(21)10-15(11-18)19(3)12-13-6-8-14(17)9-7-13/h6-9,15H,4-5,10-12,18H2,1-3H3. The maximum absolute atomic E-state index is 12.2. The molecule has 1 rings (SSSR count). The van der Waals surface area contributed by atoms with Gasteiger partial charge in [-0.25, -0.2) is 0 Å². The summed E-state index contributed by atoms with van der Waals surface area (Å²) >= 11 is 3.43. The van der Waals surface area contributed by atoms with Crippen LogP contribution >= 0.6 is 15.9 Å². The Morgan fingerprint density at radius 3 is 2.29 bits per heavy atom. The van der Waals surface area contributed by atoms with E-state index in [-0.39, 0.29) is 11.9 Å². The van der Waals surface area contributed by atoms with Gasteiger partial charge in [0.15, 0.2) is 0 Å². The fourth-order valence-corrected chi connectivity index (χ4v) is 2.60. The number of benzene rings is 1. The normalized spacial score (nSPS) is 12.5. The molecule has 0 fully saturated rings. The number of amides is 1. The second kappa shape index (κ2) is 9.18. The predicted molar refractivity (Wildman–Crippen MR) is 91.0 cm³/mol. The van der Waals surface area contributed by atoms with E-state index in [0.717, 1.165) is 24.1 Å². The average Bonchev–Trinajstić information content (AvgIpc) is 2.48. The minimum absolute atomic E-state index is 0.0711. The van der Waals surface area contributed by atoms with Crippen molar-refractivity contribution >= 4 is 21.8 Å². The first-order chi connectivity index (χ1) is 10.0. The van der Waals surface area contributed by atoms with Gasteiger partial charge in [0.1, 0.15) is 0 Å². The third-order valence-corrected chi connectivity index (χ3v) is 4.30. The smallest absolute Gasteiger partial charge is 0.224 e. The Balaban J connectivity index is 2.62. The van der Waals surface area contributed by atoms with Gasteiger partial charge in [-0.1, -0.05) is 28.1 Å². The number of rotatable bonds is 8. The number of nitrogens with two attached hydrogens (primary N) is 1. The van der Waals surface area contributed by atoms with Gasteiger partial charge in [-0.15, -0.1) is 0 Å². The van der Waals surface area contributed by atoms with Gasteiger partial charge in [0, 0.05) is 43.1 Å². The first kappa shape index (κ1) is 18.1. The van der Waals surface area contributed by atoms with Gasteiger partial charge < -0.3 is 10.6 Å². The zero-order valence-corrected chi connectivity index (χ0v) is 14.8. The molecule has 0 radical (unpaired) electrons. The van der Waals surface area contributed by atoms with E-state index in [2.05, 4.69) is 33.0 Å². The van der Waals surface area contributed by atoms with E-state index in [9.17, 15) is 4.79 Å². The fourth-order valence-electron chi connectivity index (χ4n) is 2.33. The van der Waals surface area contributed by atoms with E-state index < -0.39 is 0 Å². The SMILES string of the molecule is CCN(CC)C(=O)CC(CN)N(C)Cc1ccc(Br)cc1. The molecule has 0 aliphatic carbocycles. The Morgan fingerprint density at radius 2 is 1.81 bits per heavy atom. The van der Waals surface area contributed by atoms with Crippen molar-refractivity contribution in [2.24, 2.45) is 5.73 Å². The lowest BCUT2D eigenvalue weighted by Crippen LogP contribution is -2.42. The molecule has 0 aromatic heterocycles. The van der Waals surface area contributed by atoms with Crippen LogP contribution in [0.3, 0.4) is 0 Å². The second-order valence-corrected chi connectivity index (χ2v) is 6.12. The maximum Gasteiger partial charge on any atom is 0.224 e. The maximum atomic E-state index is 12.2. The van der Waals surface area contributed by atoms with Crippen molar-refractivity contribution in [3.05, 3.63) is 34.3 Å². The highest BCUT2D eigenvalue weighted by atomic mass is 79.9. The van der Waals surface area contributed by atoms with Crippen molar-refractivity contribution in [2.75, 3.05) is 26.7 Å². The zero-order chi connectivity index (χ0) is 15.8. The Labute approximate surface area is 136 Å². The molecule has 0 heterocycles. The molecule has 4 nitrogen and oxygen atoms in total. The van der Waals surface area contributed by atoms with Crippen LogP contribution in [0, 0.1) is 0 Å². The average molecular weight is 356 g/mol. The Kier molecular flexibility index (Phi) is 7.93. The number of carbonyl (C=O) groups is 1. The summed E-state index contributed by atoms with van der Waals surface area (Å²) in [7, 11) is 2.02. The number of hydrogen-bond donors (Lipinski definition) is 1. The topological polar surface area (TPSA) is 49.6 Å². The largest absolute Gasteiger partial charge is 0.343 e. The minimum atomic E-state index is 0.0711. The summed E-state index contributed by atoms with van der Waals surface area (Å²) in [5.74, 6) is 0.179. The first-order valence-corrected chi connectivity index (χ1v) is 8.23. The molecule has 21 heavy (non-hydrogen) atoms. The Bertz CT molecular complexity index is 432. The minimum Gasteiger partial charge on any atom is -0.343 e. The summed E-state index contributed by atoms with van der Waals surface area (Å²) in [6, 6.07) is 8.30. The number of halogens is 1. The van der Waals surface area contributed by atoms with Crippen molar-refractivity contribution in [1.82, 2.24) is 9.80 Å². The van der Waals surface area contributed by atoms with Gasteiger partial charge in [0.25, 0.3) is 0 Å². The quantitative estimate of drug-likeness (QED) is 0.779. The summed E-state index contributed by atoms with van der Waals surface area (Å²) in [4.78, 5) is 16.2.